The Labute approximate surface area is 428 Å². The zero-order chi connectivity index (χ0) is 50.0. The Balaban J connectivity index is 4.36. The first kappa shape index (κ1) is 66.4. The van der Waals surface area contributed by atoms with Crippen LogP contribution in [0.4, 0.5) is 0 Å². The summed E-state index contributed by atoms with van der Waals surface area (Å²) in [7, 11) is 0. The summed E-state index contributed by atoms with van der Waals surface area (Å²) in [6, 6.07) is 0. The van der Waals surface area contributed by atoms with Gasteiger partial charge in [-0.25, -0.2) is 0 Å². The molecule has 6 heteroatoms. The van der Waals surface area contributed by atoms with Crippen molar-refractivity contribution in [3.63, 3.8) is 0 Å². The van der Waals surface area contributed by atoms with Gasteiger partial charge in [-0.15, -0.1) is 0 Å². The lowest BCUT2D eigenvalue weighted by atomic mass is 10.0. The van der Waals surface area contributed by atoms with E-state index in [0.717, 1.165) is 89.9 Å². The molecule has 0 aromatic rings. The van der Waals surface area contributed by atoms with E-state index < -0.39 is 6.10 Å². The van der Waals surface area contributed by atoms with Gasteiger partial charge in [-0.05, 0) is 77.0 Å². The van der Waals surface area contributed by atoms with E-state index in [1.165, 1.54) is 186 Å². The maximum atomic E-state index is 12.9. The van der Waals surface area contributed by atoms with Crippen LogP contribution in [0, 0.1) is 0 Å². The van der Waals surface area contributed by atoms with Gasteiger partial charge >= 0.3 is 17.9 Å². The van der Waals surface area contributed by atoms with Crippen LogP contribution in [-0.2, 0) is 28.6 Å². The van der Waals surface area contributed by atoms with Crippen LogP contribution in [0.25, 0.3) is 0 Å². The molecule has 402 valence electrons. The highest BCUT2D eigenvalue weighted by Crippen LogP contribution is 2.17. The zero-order valence-corrected chi connectivity index (χ0v) is 46.1. The molecule has 0 aromatic carbocycles. The topological polar surface area (TPSA) is 78.9 Å². The molecule has 6 nitrogen and oxygen atoms in total. The molecule has 0 radical (unpaired) electrons. The molecule has 69 heavy (non-hydrogen) atoms. The maximum Gasteiger partial charge on any atom is 0.306 e. The van der Waals surface area contributed by atoms with Gasteiger partial charge < -0.3 is 14.2 Å². The lowest BCUT2D eigenvalue weighted by Crippen LogP contribution is -2.30. The number of carbonyl (C=O) groups excluding carboxylic acids is 3. The Morgan fingerprint density at radius 3 is 0.899 bits per heavy atom. The first-order valence-corrected chi connectivity index (χ1v) is 30.1. The van der Waals surface area contributed by atoms with Crippen molar-refractivity contribution < 1.29 is 28.6 Å². The van der Waals surface area contributed by atoms with Gasteiger partial charge in [0.2, 0.25) is 0 Å². The van der Waals surface area contributed by atoms with Crippen molar-refractivity contribution in [2.24, 2.45) is 0 Å². The third-order valence-electron chi connectivity index (χ3n) is 13.3. The molecule has 0 aliphatic carbocycles. The second-order valence-electron chi connectivity index (χ2n) is 20.2. The quantitative estimate of drug-likeness (QED) is 0.0262. The molecular weight excluding hydrogens is 853 g/mol. The number of rotatable bonds is 55. The molecule has 0 saturated heterocycles. The summed E-state index contributed by atoms with van der Waals surface area (Å²) < 4.78 is 16.9. The summed E-state index contributed by atoms with van der Waals surface area (Å²) in [5.74, 6) is -0.876. The predicted octanol–water partition coefficient (Wildman–Crippen LogP) is 20.2. The summed E-state index contributed by atoms with van der Waals surface area (Å²) in [5, 5.41) is 0. The van der Waals surface area contributed by atoms with E-state index in [9.17, 15) is 14.4 Å². The minimum atomic E-state index is -0.780. The number of allylic oxidation sites excluding steroid dienone is 8. The molecule has 0 heterocycles. The fourth-order valence-corrected chi connectivity index (χ4v) is 8.81. The van der Waals surface area contributed by atoms with Crippen LogP contribution in [0.2, 0.25) is 0 Å². The molecule has 0 aliphatic rings. The maximum absolute atomic E-state index is 12.9. The Bertz CT molecular complexity index is 1200. The Morgan fingerprint density at radius 1 is 0.304 bits per heavy atom. The SMILES string of the molecule is CC/C=C\C/C=C\C/C=C\CCCCCCCCC(=O)OC(COC(=O)CCCCCCCCC/C=C\CCCCCCCCCC)COC(=O)CCCCCCCCCCCCCCCCCC. The number of esters is 3. The largest absolute Gasteiger partial charge is 0.462 e. The number of ether oxygens (including phenoxy) is 3. The van der Waals surface area contributed by atoms with Crippen molar-refractivity contribution in [2.45, 2.75) is 322 Å². The Kier molecular flexibility index (Phi) is 55.7. The van der Waals surface area contributed by atoms with Gasteiger partial charge in [-0.1, -0.05) is 268 Å². The molecule has 0 aromatic heterocycles. The molecule has 1 unspecified atom stereocenters. The predicted molar refractivity (Wildman–Crippen MR) is 298 cm³/mol. The van der Waals surface area contributed by atoms with E-state index in [1.54, 1.807) is 0 Å². The standard InChI is InChI=1S/C63H114O6/c1-4-7-10-13-16-19-22-25-28-31-32-33-36-38-41-44-47-50-53-56-62(65)68-59-60(69-63(66)57-54-51-48-45-42-39-35-30-27-24-21-18-15-12-9-6-3)58-67-61(64)55-52-49-46-43-40-37-34-29-26-23-20-17-14-11-8-5-2/h9,12,18,21,27,30-32,60H,4-8,10-11,13-17,19-20,22-26,28-29,33-59H2,1-3H3/b12-9-,21-18-,30-27-,32-31-. The van der Waals surface area contributed by atoms with Crippen molar-refractivity contribution in [2.75, 3.05) is 13.2 Å². The van der Waals surface area contributed by atoms with Gasteiger partial charge in [0, 0.05) is 19.3 Å². The summed E-state index contributed by atoms with van der Waals surface area (Å²) in [6.07, 6.45) is 71.0. The molecule has 0 fully saturated rings. The highest BCUT2D eigenvalue weighted by Gasteiger charge is 2.19. The van der Waals surface area contributed by atoms with Crippen molar-refractivity contribution in [1.29, 1.82) is 0 Å². The number of hydrogen-bond acceptors (Lipinski definition) is 6. The smallest absolute Gasteiger partial charge is 0.306 e. The third-order valence-corrected chi connectivity index (χ3v) is 13.3. The van der Waals surface area contributed by atoms with Crippen LogP contribution < -0.4 is 0 Å². The lowest BCUT2D eigenvalue weighted by Gasteiger charge is -2.18. The minimum Gasteiger partial charge on any atom is -0.462 e. The number of hydrogen-bond donors (Lipinski definition) is 0. The molecule has 0 amide bonds. The van der Waals surface area contributed by atoms with E-state index in [-0.39, 0.29) is 31.1 Å². The normalized spacial score (nSPS) is 12.3. The van der Waals surface area contributed by atoms with E-state index in [0.29, 0.717) is 19.3 Å². The van der Waals surface area contributed by atoms with E-state index in [2.05, 4.69) is 69.4 Å². The van der Waals surface area contributed by atoms with E-state index >= 15 is 0 Å². The summed E-state index contributed by atoms with van der Waals surface area (Å²) >= 11 is 0. The summed E-state index contributed by atoms with van der Waals surface area (Å²) in [4.78, 5) is 38.2. The molecule has 0 N–H and O–H groups in total. The molecular formula is C63H114O6. The first-order valence-electron chi connectivity index (χ1n) is 30.1. The van der Waals surface area contributed by atoms with Crippen LogP contribution in [0.1, 0.15) is 316 Å². The molecule has 0 spiro atoms. The van der Waals surface area contributed by atoms with Crippen LogP contribution in [0.3, 0.4) is 0 Å². The summed E-state index contributed by atoms with van der Waals surface area (Å²) in [5.41, 5.74) is 0. The van der Waals surface area contributed by atoms with Crippen molar-refractivity contribution >= 4 is 17.9 Å². The van der Waals surface area contributed by atoms with Gasteiger partial charge in [0.15, 0.2) is 6.10 Å². The van der Waals surface area contributed by atoms with Gasteiger partial charge in [-0.2, -0.15) is 0 Å². The van der Waals surface area contributed by atoms with Gasteiger partial charge in [-0.3, -0.25) is 14.4 Å². The Morgan fingerprint density at radius 2 is 0.565 bits per heavy atom. The van der Waals surface area contributed by atoms with E-state index in [1.807, 2.05) is 0 Å². The van der Waals surface area contributed by atoms with Crippen molar-refractivity contribution in [3.05, 3.63) is 48.6 Å². The number of unbranched alkanes of at least 4 members (excludes halogenated alkanes) is 36. The highest BCUT2D eigenvalue weighted by molar-refractivity contribution is 5.71. The van der Waals surface area contributed by atoms with Gasteiger partial charge in [0.1, 0.15) is 13.2 Å². The lowest BCUT2D eigenvalue weighted by molar-refractivity contribution is -0.167. The molecule has 1 atom stereocenters. The van der Waals surface area contributed by atoms with Crippen LogP contribution in [0.15, 0.2) is 48.6 Å². The molecule has 0 bridgehead atoms. The zero-order valence-electron chi connectivity index (χ0n) is 46.1. The highest BCUT2D eigenvalue weighted by atomic mass is 16.6. The fourth-order valence-electron chi connectivity index (χ4n) is 8.81. The molecule has 0 saturated carbocycles. The van der Waals surface area contributed by atoms with Crippen molar-refractivity contribution in [3.8, 4) is 0 Å². The van der Waals surface area contributed by atoms with Gasteiger partial charge in [0.05, 0.1) is 0 Å². The van der Waals surface area contributed by atoms with Crippen LogP contribution in [-0.4, -0.2) is 37.2 Å². The monoisotopic (exact) mass is 967 g/mol. The van der Waals surface area contributed by atoms with E-state index in [4.69, 9.17) is 14.2 Å². The third kappa shape index (κ3) is 56.2. The molecule has 0 aliphatic heterocycles. The summed E-state index contributed by atoms with van der Waals surface area (Å²) in [6.45, 7) is 6.56. The average molecular weight is 968 g/mol. The Hall–Kier alpha value is -2.63. The minimum absolute atomic E-state index is 0.0766. The average Bonchev–Trinajstić information content (AvgIpc) is 3.35. The molecule has 0 rings (SSSR count). The van der Waals surface area contributed by atoms with Gasteiger partial charge in [0.25, 0.3) is 0 Å². The fraction of sp³-hybridized carbons (Fsp3) is 0.825. The first-order chi connectivity index (χ1) is 34.0. The second-order valence-corrected chi connectivity index (χ2v) is 20.2. The van der Waals surface area contributed by atoms with Crippen LogP contribution >= 0.6 is 0 Å². The second kappa shape index (κ2) is 57.9. The van der Waals surface area contributed by atoms with Crippen LogP contribution in [0.5, 0.6) is 0 Å². The van der Waals surface area contributed by atoms with Crippen molar-refractivity contribution in [1.82, 2.24) is 0 Å². The number of carbonyl (C=O) groups is 3.